The zero-order valence-electron chi connectivity index (χ0n) is 19.2. The van der Waals surface area contributed by atoms with Crippen molar-refractivity contribution < 1.29 is 9.50 Å². The van der Waals surface area contributed by atoms with Crippen molar-refractivity contribution in [1.82, 2.24) is 19.7 Å². The second-order valence-corrected chi connectivity index (χ2v) is 8.70. The fraction of sp³-hybridized carbons (Fsp3) is 0.500. The second-order valence-electron chi connectivity index (χ2n) is 8.70. The van der Waals surface area contributed by atoms with E-state index in [1.165, 1.54) is 12.1 Å². The van der Waals surface area contributed by atoms with Crippen LogP contribution < -0.4 is 10.5 Å². The van der Waals surface area contributed by atoms with Crippen LogP contribution in [0.3, 0.4) is 0 Å². The molecule has 1 aromatic carbocycles. The fourth-order valence-corrected chi connectivity index (χ4v) is 5.10. The highest BCUT2D eigenvalue weighted by molar-refractivity contribution is 5.88. The van der Waals surface area contributed by atoms with Gasteiger partial charge < -0.3 is 14.6 Å². The third kappa shape index (κ3) is 3.82. The Morgan fingerprint density at radius 3 is 2.66 bits per heavy atom. The number of aliphatic hydroxyl groups excluding tert-OH is 1. The van der Waals surface area contributed by atoms with Crippen LogP contribution in [-0.2, 0) is 13.7 Å². The van der Waals surface area contributed by atoms with Gasteiger partial charge >= 0.3 is 0 Å². The summed E-state index contributed by atoms with van der Waals surface area (Å²) in [6, 6.07) is 6.85. The van der Waals surface area contributed by atoms with Gasteiger partial charge in [0.2, 0.25) is 0 Å². The van der Waals surface area contributed by atoms with Crippen molar-refractivity contribution in [2.75, 3.05) is 18.0 Å². The van der Waals surface area contributed by atoms with Gasteiger partial charge in [-0.3, -0.25) is 14.8 Å². The average molecular weight is 442 g/mol. The van der Waals surface area contributed by atoms with Crippen molar-refractivity contribution in [2.24, 2.45) is 7.05 Å². The number of pyridine rings is 1. The molecule has 172 valence electrons. The third-order valence-corrected chi connectivity index (χ3v) is 7.03. The van der Waals surface area contributed by atoms with Gasteiger partial charge in [-0.25, -0.2) is 4.39 Å². The van der Waals surface area contributed by atoms with Crippen molar-refractivity contribution in [1.29, 1.82) is 0 Å². The van der Waals surface area contributed by atoms with Gasteiger partial charge in [-0.15, -0.1) is 0 Å². The molecule has 0 aliphatic carbocycles. The molecule has 0 radical (unpaired) electrons. The third-order valence-electron chi connectivity index (χ3n) is 7.03. The van der Waals surface area contributed by atoms with Crippen molar-refractivity contribution in [2.45, 2.75) is 58.3 Å². The molecule has 2 N–H and O–H groups in total. The summed E-state index contributed by atoms with van der Waals surface area (Å²) < 4.78 is 15.3. The first-order chi connectivity index (χ1) is 15.4. The van der Waals surface area contributed by atoms with Gasteiger partial charge in [0.25, 0.3) is 5.56 Å². The van der Waals surface area contributed by atoms with E-state index in [9.17, 15) is 14.3 Å². The number of benzene rings is 1. The maximum atomic E-state index is 13.7. The molecule has 1 aliphatic rings. The molecule has 32 heavy (non-hydrogen) atoms. The summed E-state index contributed by atoms with van der Waals surface area (Å²) in [6.07, 6.45) is 3.61. The van der Waals surface area contributed by atoms with Gasteiger partial charge in [-0.1, -0.05) is 19.9 Å². The summed E-state index contributed by atoms with van der Waals surface area (Å²) >= 11 is 0. The van der Waals surface area contributed by atoms with E-state index in [0.717, 1.165) is 48.2 Å². The minimum absolute atomic E-state index is 0.0351. The van der Waals surface area contributed by atoms with E-state index < -0.39 is 0 Å². The van der Waals surface area contributed by atoms with Gasteiger partial charge in [0.05, 0.1) is 17.8 Å². The van der Waals surface area contributed by atoms with Crippen LogP contribution in [0.1, 0.15) is 50.8 Å². The number of nitrogens with one attached hydrogen (secondary N) is 1. The van der Waals surface area contributed by atoms with E-state index in [4.69, 9.17) is 0 Å². The molecule has 1 aliphatic heterocycles. The Morgan fingerprint density at radius 2 is 1.97 bits per heavy atom. The summed E-state index contributed by atoms with van der Waals surface area (Å²) in [5, 5.41) is 17.1. The molecule has 3 heterocycles. The Hall–Kier alpha value is -2.71. The van der Waals surface area contributed by atoms with Crippen molar-refractivity contribution in [3.63, 3.8) is 0 Å². The lowest BCUT2D eigenvalue weighted by Gasteiger charge is -2.49. The number of fused-ring (bicyclic) bond motifs is 1. The highest BCUT2D eigenvalue weighted by Crippen LogP contribution is 2.35. The summed E-state index contributed by atoms with van der Waals surface area (Å²) in [5.74, 6) is -0.332. The first-order valence-corrected chi connectivity index (χ1v) is 11.3. The molecule has 7 nitrogen and oxygen atoms in total. The molecule has 8 heteroatoms. The van der Waals surface area contributed by atoms with Crippen LogP contribution in [0.2, 0.25) is 0 Å². The molecule has 0 spiro atoms. The summed E-state index contributed by atoms with van der Waals surface area (Å²) in [4.78, 5) is 17.4. The van der Waals surface area contributed by atoms with Crippen molar-refractivity contribution in [3.05, 3.63) is 57.8 Å². The van der Waals surface area contributed by atoms with E-state index in [2.05, 4.69) is 40.8 Å². The number of piperazine rings is 1. The van der Waals surface area contributed by atoms with Crippen LogP contribution in [-0.4, -0.2) is 49.9 Å². The van der Waals surface area contributed by atoms with E-state index >= 15 is 0 Å². The molecular weight excluding hydrogens is 409 g/mol. The molecule has 1 saturated heterocycles. The maximum Gasteiger partial charge on any atom is 0.252 e. The van der Waals surface area contributed by atoms with Gasteiger partial charge in [-0.2, -0.15) is 5.10 Å². The highest BCUT2D eigenvalue weighted by Gasteiger charge is 2.36. The number of aliphatic hydroxyl groups is 1. The van der Waals surface area contributed by atoms with Crippen molar-refractivity contribution >= 4 is 16.7 Å². The number of aromatic nitrogens is 3. The Morgan fingerprint density at radius 1 is 1.22 bits per heavy atom. The SMILES string of the molecule is CC[C@H]1CN(C(C)c2ccc(F)cc2CO)[C@H](CC)CN1c1cc(=O)n(C)c2c[nH]nc12. The molecule has 0 saturated carbocycles. The van der Waals surface area contributed by atoms with Crippen LogP contribution in [0.4, 0.5) is 10.1 Å². The molecule has 0 bridgehead atoms. The van der Waals surface area contributed by atoms with E-state index in [0.29, 0.717) is 5.56 Å². The molecule has 1 unspecified atom stereocenters. The highest BCUT2D eigenvalue weighted by atomic mass is 19.1. The number of aromatic amines is 1. The zero-order chi connectivity index (χ0) is 23.0. The van der Waals surface area contributed by atoms with E-state index in [1.807, 2.05) is 0 Å². The average Bonchev–Trinajstić information content (AvgIpc) is 3.30. The molecule has 0 amide bonds. The Balaban J connectivity index is 1.70. The number of rotatable bonds is 6. The van der Waals surface area contributed by atoms with Gasteiger partial charge in [0.15, 0.2) is 0 Å². The maximum absolute atomic E-state index is 13.7. The quantitative estimate of drug-likeness (QED) is 0.614. The number of hydrogen-bond acceptors (Lipinski definition) is 5. The normalized spacial score (nSPS) is 20.8. The van der Waals surface area contributed by atoms with E-state index in [-0.39, 0.29) is 36.1 Å². The van der Waals surface area contributed by atoms with Crippen molar-refractivity contribution in [3.8, 4) is 0 Å². The number of aryl methyl sites for hydroxylation is 1. The molecule has 1 fully saturated rings. The van der Waals surface area contributed by atoms with Gasteiger partial charge in [0.1, 0.15) is 11.3 Å². The largest absolute Gasteiger partial charge is 0.392 e. The Kier molecular flexibility index (Phi) is 6.35. The van der Waals surface area contributed by atoms with Gasteiger partial charge in [0, 0.05) is 50.5 Å². The summed E-state index contributed by atoms with van der Waals surface area (Å²) in [5.41, 5.74) is 4.02. The van der Waals surface area contributed by atoms with Crippen LogP contribution in [0.25, 0.3) is 11.0 Å². The lowest BCUT2D eigenvalue weighted by molar-refractivity contribution is 0.0999. The second kappa shape index (κ2) is 9.03. The van der Waals surface area contributed by atoms with Crippen LogP contribution in [0.15, 0.2) is 35.3 Å². The topological polar surface area (TPSA) is 77.4 Å². The Bertz CT molecular complexity index is 1160. The molecular formula is C24H32FN5O2. The van der Waals surface area contributed by atoms with Crippen LogP contribution in [0, 0.1) is 5.82 Å². The molecule has 2 aromatic heterocycles. The number of hydrogen-bond donors (Lipinski definition) is 2. The number of H-pyrrole nitrogens is 1. The Labute approximate surface area is 187 Å². The fourth-order valence-electron chi connectivity index (χ4n) is 5.10. The van der Waals surface area contributed by atoms with Gasteiger partial charge in [-0.05, 0) is 43.0 Å². The molecule has 4 rings (SSSR count). The lowest BCUT2D eigenvalue weighted by Crippen LogP contribution is -2.59. The minimum atomic E-state index is -0.332. The first kappa shape index (κ1) is 22.5. The first-order valence-electron chi connectivity index (χ1n) is 11.3. The standard InChI is InChI=1S/C24H32FN5O2/c1-5-18-13-30(21-10-23(32)28(4)22-11-26-27-24(21)22)19(6-2)12-29(18)15(3)20-8-7-17(25)9-16(20)14-31/h7-11,15,18-19,31H,5-6,12-14H2,1-4H3,(H,26,27)/t15?,18-,19+/m1/s1. The summed E-state index contributed by atoms with van der Waals surface area (Å²) in [6.45, 7) is 7.84. The van der Waals surface area contributed by atoms with Crippen LogP contribution in [0.5, 0.6) is 0 Å². The van der Waals surface area contributed by atoms with Crippen LogP contribution >= 0.6 is 0 Å². The number of nitrogens with zero attached hydrogens (tertiary/aromatic N) is 4. The molecule has 3 aromatic rings. The predicted molar refractivity (Wildman–Crippen MR) is 124 cm³/mol. The minimum Gasteiger partial charge on any atom is -0.392 e. The number of halogens is 1. The lowest BCUT2D eigenvalue weighted by atomic mass is 9.94. The predicted octanol–water partition coefficient (Wildman–Crippen LogP) is 3.33. The monoisotopic (exact) mass is 441 g/mol. The smallest absolute Gasteiger partial charge is 0.252 e. The zero-order valence-corrected chi connectivity index (χ0v) is 19.2. The van der Waals surface area contributed by atoms with E-state index in [1.54, 1.807) is 29.9 Å². The summed E-state index contributed by atoms with van der Waals surface area (Å²) in [7, 11) is 1.76. The number of anilines is 1. The molecule has 3 atom stereocenters.